The lowest BCUT2D eigenvalue weighted by Crippen LogP contribution is -2.24. The van der Waals surface area contributed by atoms with Gasteiger partial charge in [-0.15, -0.1) is 0 Å². The number of benzene rings is 2. The zero-order chi connectivity index (χ0) is 25.3. The van der Waals surface area contributed by atoms with E-state index in [4.69, 9.17) is 5.73 Å². The topological polar surface area (TPSA) is 97.9 Å². The molecule has 0 bridgehead atoms. The van der Waals surface area contributed by atoms with Crippen molar-refractivity contribution in [2.75, 3.05) is 10.6 Å². The van der Waals surface area contributed by atoms with Crippen LogP contribution >= 0.6 is 0 Å². The van der Waals surface area contributed by atoms with Gasteiger partial charge in [0.15, 0.2) is 0 Å². The molecule has 2 aromatic carbocycles. The predicted molar refractivity (Wildman–Crippen MR) is 146 cm³/mol. The normalized spacial score (nSPS) is 14.6. The SMILES string of the molecule is CC(C)(C)c1ccc(Nc2ncnc3c2ccn3-c2ccc(C(N)=O)c(NC3CCCCC3)c2)cc1. The highest BCUT2D eigenvalue weighted by molar-refractivity contribution is 5.99. The highest BCUT2D eigenvalue weighted by atomic mass is 16.1. The summed E-state index contributed by atoms with van der Waals surface area (Å²) < 4.78 is 2.02. The minimum atomic E-state index is -0.427. The van der Waals surface area contributed by atoms with Gasteiger partial charge in [-0.2, -0.15) is 0 Å². The van der Waals surface area contributed by atoms with E-state index in [0.717, 1.165) is 46.8 Å². The van der Waals surface area contributed by atoms with Gasteiger partial charge in [-0.1, -0.05) is 52.2 Å². The van der Waals surface area contributed by atoms with E-state index >= 15 is 0 Å². The maximum absolute atomic E-state index is 12.1. The maximum atomic E-state index is 12.1. The number of carbonyl (C=O) groups excluding carboxylic acids is 1. The molecule has 5 rings (SSSR count). The van der Waals surface area contributed by atoms with Crippen LogP contribution in [0.3, 0.4) is 0 Å². The number of rotatable bonds is 6. The molecule has 1 amide bonds. The minimum absolute atomic E-state index is 0.104. The van der Waals surface area contributed by atoms with Crippen molar-refractivity contribution in [1.29, 1.82) is 0 Å². The van der Waals surface area contributed by atoms with Crippen molar-refractivity contribution in [3.8, 4) is 5.69 Å². The Labute approximate surface area is 212 Å². The monoisotopic (exact) mass is 482 g/mol. The lowest BCUT2D eigenvalue weighted by molar-refractivity contribution is 0.100. The molecule has 0 unspecified atom stereocenters. The molecule has 7 nitrogen and oxygen atoms in total. The number of aromatic nitrogens is 3. The summed E-state index contributed by atoms with van der Waals surface area (Å²) in [7, 11) is 0. The number of carbonyl (C=O) groups is 1. The lowest BCUT2D eigenvalue weighted by Gasteiger charge is -2.25. The summed E-state index contributed by atoms with van der Waals surface area (Å²) in [6.45, 7) is 6.62. The van der Waals surface area contributed by atoms with Crippen LogP contribution in [0.25, 0.3) is 16.7 Å². The summed E-state index contributed by atoms with van der Waals surface area (Å²) in [4.78, 5) is 21.2. The molecule has 0 radical (unpaired) electrons. The molecule has 2 aromatic heterocycles. The Hall–Kier alpha value is -3.87. The Bertz CT molecular complexity index is 1380. The van der Waals surface area contributed by atoms with Crippen LogP contribution in [0.1, 0.15) is 68.8 Å². The number of amides is 1. The molecule has 0 saturated heterocycles. The van der Waals surface area contributed by atoms with Crippen LogP contribution in [0, 0.1) is 0 Å². The van der Waals surface area contributed by atoms with Crippen LogP contribution in [0.2, 0.25) is 0 Å². The van der Waals surface area contributed by atoms with Crippen molar-refractivity contribution in [3.63, 3.8) is 0 Å². The third-order valence-corrected chi connectivity index (χ3v) is 7.01. The summed E-state index contributed by atoms with van der Waals surface area (Å²) >= 11 is 0. The second kappa shape index (κ2) is 9.64. The Morgan fingerprint density at radius 3 is 2.44 bits per heavy atom. The summed E-state index contributed by atoms with van der Waals surface area (Å²) in [5.41, 5.74) is 11.0. The first-order chi connectivity index (χ1) is 17.3. The first-order valence-electron chi connectivity index (χ1n) is 12.7. The number of hydrogen-bond donors (Lipinski definition) is 3. The Kier molecular flexibility index (Phi) is 6.39. The Morgan fingerprint density at radius 1 is 1.00 bits per heavy atom. The molecule has 186 valence electrons. The number of anilines is 3. The van der Waals surface area contributed by atoms with Crippen LogP contribution < -0.4 is 16.4 Å². The lowest BCUT2D eigenvalue weighted by atomic mass is 9.87. The van der Waals surface area contributed by atoms with Crippen molar-refractivity contribution >= 4 is 34.1 Å². The number of hydrogen-bond acceptors (Lipinski definition) is 5. The molecule has 4 N–H and O–H groups in total. The standard InChI is InChI=1S/C29H34N6O/c1-29(2,3)19-9-11-21(12-10-19)34-27-24-15-16-35(28(24)32-18-31-27)22-13-14-23(26(30)36)25(17-22)33-20-7-5-4-6-8-20/h9-18,20,33H,4-8H2,1-3H3,(H2,30,36)(H,31,32,34). The molecule has 2 heterocycles. The number of fused-ring (bicyclic) bond motifs is 1. The van der Waals surface area contributed by atoms with Gasteiger partial charge in [0, 0.05) is 29.3 Å². The van der Waals surface area contributed by atoms with Crippen molar-refractivity contribution < 1.29 is 4.79 Å². The van der Waals surface area contributed by atoms with E-state index in [1.54, 1.807) is 12.4 Å². The van der Waals surface area contributed by atoms with E-state index in [1.165, 1.54) is 24.8 Å². The van der Waals surface area contributed by atoms with E-state index in [0.29, 0.717) is 11.6 Å². The second-order valence-electron chi connectivity index (χ2n) is 10.7. The van der Waals surface area contributed by atoms with Gasteiger partial charge >= 0.3 is 0 Å². The van der Waals surface area contributed by atoms with Crippen LogP contribution in [0.15, 0.2) is 61.1 Å². The fourth-order valence-electron chi connectivity index (χ4n) is 4.93. The van der Waals surface area contributed by atoms with Gasteiger partial charge in [0.25, 0.3) is 5.91 Å². The highest BCUT2D eigenvalue weighted by Crippen LogP contribution is 2.30. The van der Waals surface area contributed by atoms with Crippen molar-refractivity contribution in [1.82, 2.24) is 14.5 Å². The Morgan fingerprint density at radius 2 is 1.75 bits per heavy atom. The smallest absolute Gasteiger partial charge is 0.250 e. The van der Waals surface area contributed by atoms with Gasteiger partial charge in [-0.3, -0.25) is 4.79 Å². The summed E-state index contributed by atoms with van der Waals surface area (Å²) in [5, 5.41) is 7.94. The largest absolute Gasteiger partial charge is 0.382 e. The molecular formula is C29H34N6O. The van der Waals surface area contributed by atoms with Crippen molar-refractivity contribution in [2.24, 2.45) is 5.73 Å². The molecule has 7 heteroatoms. The van der Waals surface area contributed by atoms with E-state index < -0.39 is 5.91 Å². The third kappa shape index (κ3) is 4.91. The summed E-state index contributed by atoms with van der Waals surface area (Å²) in [6, 6.07) is 16.5. The van der Waals surface area contributed by atoms with Crippen molar-refractivity contribution in [3.05, 3.63) is 72.2 Å². The predicted octanol–water partition coefficient (Wildman–Crippen LogP) is 6.31. The molecule has 0 spiro atoms. The molecule has 1 fully saturated rings. The molecule has 0 aliphatic heterocycles. The molecule has 36 heavy (non-hydrogen) atoms. The van der Waals surface area contributed by atoms with Gasteiger partial charge in [0.05, 0.1) is 10.9 Å². The van der Waals surface area contributed by atoms with E-state index in [9.17, 15) is 4.79 Å². The van der Waals surface area contributed by atoms with Crippen LogP contribution in [-0.2, 0) is 5.41 Å². The molecular weight excluding hydrogens is 448 g/mol. The zero-order valence-electron chi connectivity index (χ0n) is 21.2. The quantitative estimate of drug-likeness (QED) is 0.299. The van der Waals surface area contributed by atoms with Crippen LogP contribution in [-0.4, -0.2) is 26.5 Å². The van der Waals surface area contributed by atoms with Gasteiger partial charge in [-0.05, 0) is 60.2 Å². The molecule has 1 aliphatic carbocycles. The maximum Gasteiger partial charge on any atom is 0.250 e. The fraction of sp³-hybridized carbons (Fsp3) is 0.345. The van der Waals surface area contributed by atoms with Gasteiger partial charge < -0.3 is 20.9 Å². The molecule has 4 aromatic rings. The zero-order valence-corrected chi connectivity index (χ0v) is 21.2. The molecule has 0 atom stereocenters. The first-order valence-corrected chi connectivity index (χ1v) is 12.7. The number of nitrogens with zero attached hydrogens (tertiary/aromatic N) is 3. The average molecular weight is 483 g/mol. The average Bonchev–Trinajstić information content (AvgIpc) is 3.29. The third-order valence-electron chi connectivity index (χ3n) is 7.01. The van der Waals surface area contributed by atoms with Crippen LogP contribution in [0.4, 0.5) is 17.2 Å². The van der Waals surface area contributed by atoms with Crippen molar-refractivity contribution in [2.45, 2.75) is 64.3 Å². The molecule has 1 aliphatic rings. The number of nitrogens with one attached hydrogen (secondary N) is 2. The highest BCUT2D eigenvalue weighted by Gasteiger charge is 2.18. The molecule has 1 saturated carbocycles. The Balaban J connectivity index is 1.46. The second-order valence-corrected chi connectivity index (χ2v) is 10.7. The van der Waals surface area contributed by atoms with E-state index in [-0.39, 0.29) is 5.41 Å². The van der Waals surface area contributed by atoms with Gasteiger partial charge in [-0.25, -0.2) is 9.97 Å². The first kappa shape index (κ1) is 23.9. The summed E-state index contributed by atoms with van der Waals surface area (Å²) in [5.74, 6) is 0.320. The minimum Gasteiger partial charge on any atom is -0.382 e. The van der Waals surface area contributed by atoms with E-state index in [2.05, 4.69) is 65.6 Å². The summed E-state index contributed by atoms with van der Waals surface area (Å²) in [6.07, 6.45) is 9.45. The number of primary amides is 1. The van der Waals surface area contributed by atoms with Crippen LogP contribution in [0.5, 0.6) is 0 Å². The van der Waals surface area contributed by atoms with E-state index in [1.807, 2.05) is 29.0 Å². The number of nitrogens with two attached hydrogens (primary N) is 1. The van der Waals surface area contributed by atoms with Gasteiger partial charge in [0.1, 0.15) is 17.8 Å². The fourth-order valence-corrected chi connectivity index (χ4v) is 4.93. The van der Waals surface area contributed by atoms with Gasteiger partial charge in [0.2, 0.25) is 0 Å².